The van der Waals surface area contributed by atoms with Gasteiger partial charge in [0.2, 0.25) is 0 Å². The third-order valence-corrected chi connectivity index (χ3v) is 7.09. The number of furan rings is 1. The number of methoxy groups -OCH3 is 2. The van der Waals surface area contributed by atoms with Crippen LogP contribution in [0.4, 0.5) is 0 Å². The molecule has 0 aliphatic carbocycles. The molecule has 37 heavy (non-hydrogen) atoms. The Labute approximate surface area is 220 Å². The number of benzene rings is 2. The van der Waals surface area contributed by atoms with Gasteiger partial charge < -0.3 is 13.9 Å². The second-order valence-electron chi connectivity index (χ2n) is 8.58. The summed E-state index contributed by atoms with van der Waals surface area (Å²) in [5, 5.41) is 15.1. The molecular formula is C28H29N5O3S. The number of hydrogen-bond donors (Lipinski definition) is 0. The quantitative estimate of drug-likeness (QED) is 0.221. The molecule has 1 atom stereocenters. The molecule has 3 aromatic heterocycles. The highest BCUT2D eigenvalue weighted by molar-refractivity contribution is 7.09. The van der Waals surface area contributed by atoms with Crippen LogP contribution < -0.4 is 9.47 Å². The van der Waals surface area contributed by atoms with Crippen LogP contribution >= 0.6 is 11.3 Å². The van der Waals surface area contributed by atoms with E-state index in [1.165, 1.54) is 10.4 Å². The van der Waals surface area contributed by atoms with Crippen molar-refractivity contribution >= 4 is 11.3 Å². The number of thiophene rings is 1. The minimum absolute atomic E-state index is 0.266. The summed E-state index contributed by atoms with van der Waals surface area (Å²) in [7, 11) is 3.28. The molecule has 2 aromatic carbocycles. The molecule has 190 valence electrons. The van der Waals surface area contributed by atoms with Crippen molar-refractivity contribution < 1.29 is 13.9 Å². The molecule has 0 fully saturated rings. The predicted molar refractivity (Wildman–Crippen MR) is 142 cm³/mol. The van der Waals surface area contributed by atoms with Crippen LogP contribution in [-0.4, -0.2) is 39.3 Å². The second-order valence-corrected chi connectivity index (χ2v) is 9.61. The standard InChI is InChI=1S/C28H29N5O3S/c1-34-25-13-12-22(18-26(25)35-2)27(28-29-30-31-33(28)15-14-21-8-4-3-5-9-21)32(19-23-10-6-16-36-23)20-24-11-7-17-37-24/h3-13,16-18,27H,14-15,19-20H2,1-2H3. The van der Waals surface area contributed by atoms with Crippen molar-refractivity contribution in [3.63, 3.8) is 0 Å². The molecule has 1 unspecified atom stereocenters. The SMILES string of the molecule is COc1ccc(C(c2nnnn2CCc2ccccc2)N(Cc2ccco2)Cc2cccs2)cc1OC. The van der Waals surface area contributed by atoms with Crippen LogP contribution in [0.25, 0.3) is 0 Å². The molecule has 0 radical (unpaired) electrons. The molecule has 0 saturated carbocycles. The zero-order chi connectivity index (χ0) is 25.5. The number of ether oxygens (including phenoxy) is 2. The Morgan fingerprint density at radius 1 is 0.946 bits per heavy atom. The second kappa shape index (κ2) is 11.9. The Kier molecular flexibility index (Phi) is 7.93. The number of aromatic nitrogens is 4. The van der Waals surface area contributed by atoms with Gasteiger partial charge in [-0.2, -0.15) is 0 Å². The van der Waals surface area contributed by atoms with Gasteiger partial charge in [0, 0.05) is 18.0 Å². The third-order valence-electron chi connectivity index (χ3n) is 6.23. The Morgan fingerprint density at radius 2 is 1.81 bits per heavy atom. The molecule has 8 nitrogen and oxygen atoms in total. The van der Waals surface area contributed by atoms with E-state index < -0.39 is 0 Å². The van der Waals surface area contributed by atoms with Gasteiger partial charge in [0.25, 0.3) is 0 Å². The summed E-state index contributed by atoms with van der Waals surface area (Å²) < 4.78 is 18.8. The lowest BCUT2D eigenvalue weighted by Gasteiger charge is -2.30. The van der Waals surface area contributed by atoms with Crippen molar-refractivity contribution in [2.24, 2.45) is 0 Å². The molecule has 5 aromatic rings. The summed E-state index contributed by atoms with van der Waals surface area (Å²) in [6.45, 7) is 1.93. The highest BCUT2D eigenvalue weighted by atomic mass is 32.1. The van der Waals surface area contributed by atoms with Gasteiger partial charge in [-0.1, -0.05) is 42.5 Å². The first-order chi connectivity index (χ1) is 18.2. The normalized spacial score (nSPS) is 12.1. The van der Waals surface area contributed by atoms with Crippen molar-refractivity contribution in [1.29, 1.82) is 0 Å². The maximum absolute atomic E-state index is 5.76. The van der Waals surface area contributed by atoms with Crippen LogP contribution in [0.1, 0.15) is 33.6 Å². The maximum Gasteiger partial charge on any atom is 0.173 e. The summed E-state index contributed by atoms with van der Waals surface area (Å²) in [5.41, 5.74) is 2.23. The average Bonchev–Trinajstić information content (AvgIpc) is 3.72. The Morgan fingerprint density at radius 3 is 2.54 bits per heavy atom. The molecule has 9 heteroatoms. The first-order valence-electron chi connectivity index (χ1n) is 12.1. The number of tetrazole rings is 1. The van der Waals surface area contributed by atoms with Gasteiger partial charge in [-0.3, -0.25) is 4.90 Å². The van der Waals surface area contributed by atoms with E-state index in [1.54, 1.807) is 31.8 Å². The fourth-order valence-electron chi connectivity index (χ4n) is 4.44. The average molecular weight is 516 g/mol. The molecule has 0 aliphatic heterocycles. The molecule has 0 saturated heterocycles. The monoisotopic (exact) mass is 515 g/mol. The van der Waals surface area contributed by atoms with Crippen LogP contribution in [0.15, 0.2) is 88.9 Å². The lowest BCUT2D eigenvalue weighted by atomic mass is 10.0. The van der Waals surface area contributed by atoms with E-state index in [2.05, 4.69) is 50.1 Å². The van der Waals surface area contributed by atoms with Crippen molar-refractivity contribution in [1.82, 2.24) is 25.1 Å². The van der Waals surface area contributed by atoms with E-state index in [0.717, 1.165) is 23.6 Å². The summed E-state index contributed by atoms with van der Waals surface area (Å²) in [4.78, 5) is 3.57. The van der Waals surface area contributed by atoms with Crippen molar-refractivity contribution in [3.8, 4) is 11.5 Å². The number of rotatable bonds is 12. The van der Waals surface area contributed by atoms with Gasteiger partial charge in [-0.15, -0.1) is 16.4 Å². The Hall–Kier alpha value is -3.95. The summed E-state index contributed by atoms with van der Waals surface area (Å²) >= 11 is 1.72. The summed E-state index contributed by atoms with van der Waals surface area (Å²) in [6, 6.07) is 24.2. The van der Waals surface area contributed by atoms with Gasteiger partial charge >= 0.3 is 0 Å². The van der Waals surface area contributed by atoms with Crippen LogP contribution in [-0.2, 0) is 26.1 Å². The highest BCUT2D eigenvalue weighted by Gasteiger charge is 2.30. The maximum atomic E-state index is 5.76. The van der Waals surface area contributed by atoms with Gasteiger partial charge in [-0.05, 0) is 63.7 Å². The number of hydrogen-bond acceptors (Lipinski definition) is 8. The molecule has 5 rings (SSSR count). The van der Waals surface area contributed by atoms with Gasteiger partial charge in [0.15, 0.2) is 17.3 Å². The zero-order valence-electron chi connectivity index (χ0n) is 20.9. The van der Waals surface area contributed by atoms with Crippen molar-refractivity contribution in [3.05, 3.63) is 112 Å². The molecule has 0 amide bonds. The van der Waals surface area contributed by atoms with E-state index in [1.807, 2.05) is 53.2 Å². The molecule has 0 aliphatic rings. The molecule has 0 N–H and O–H groups in total. The summed E-state index contributed by atoms with van der Waals surface area (Å²) in [6.07, 6.45) is 2.52. The molecule has 0 bridgehead atoms. The summed E-state index contributed by atoms with van der Waals surface area (Å²) in [5.74, 6) is 2.95. The lowest BCUT2D eigenvalue weighted by Crippen LogP contribution is -2.31. The topological polar surface area (TPSA) is 78.4 Å². The minimum Gasteiger partial charge on any atom is -0.493 e. The van der Waals surface area contributed by atoms with Crippen LogP contribution in [0.5, 0.6) is 11.5 Å². The lowest BCUT2D eigenvalue weighted by molar-refractivity contribution is 0.181. The van der Waals surface area contributed by atoms with Gasteiger partial charge in [0.05, 0.1) is 33.1 Å². The first-order valence-corrected chi connectivity index (χ1v) is 12.9. The fraction of sp³-hybridized carbons (Fsp3) is 0.250. The Balaban J connectivity index is 1.56. The van der Waals surface area contributed by atoms with Crippen molar-refractivity contribution in [2.45, 2.75) is 32.1 Å². The van der Waals surface area contributed by atoms with Crippen LogP contribution in [0.3, 0.4) is 0 Å². The number of nitrogens with zero attached hydrogens (tertiary/aromatic N) is 5. The van der Waals surface area contributed by atoms with E-state index >= 15 is 0 Å². The van der Waals surface area contributed by atoms with Crippen LogP contribution in [0.2, 0.25) is 0 Å². The van der Waals surface area contributed by atoms with Gasteiger partial charge in [-0.25, -0.2) is 4.68 Å². The van der Waals surface area contributed by atoms with Gasteiger partial charge in [0.1, 0.15) is 5.76 Å². The largest absolute Gasteiger partial charge is 0.493 e. The van der Waals surface area contributed by atoms with E-state index in [4.69, 9.17) is 13.9 Å². The highest BCUT2D eigenvalue weighted by Crippen LogP contribution is 2.36. The van der Waals surface area contributed by atoms with E-state index in [9.17, 15) is 0 Å². The minimum atomic E-state index is -0.266. The molecule has 0 spiro atoms. The van der Waals surface area contributed by atoms with Crippen LogP contribution in [0, 0.1) is 0 Å². The third kappa shape index (κ3) is 5.90. The van der Waals surface area contributed by atoms with Crippen molar-refractivity contribution in [2.75, 3.05) is 14.2 Å². The molecule has 3 heterocycles. The predicted octanol–water partition coefficient (Wildman–Crippen LogP) is 5.38. The smallest absolute Gasteiger partial charge is 0.173 e. The number of aryl methyl sites for hydroxylation is 2. The fourth-order valence-corrected chi connectivity index (χ4v) is 5.17. The Bertz CT molecular complexity index is 1330. The first kappa shape index (κ1) is 24.7. The van der Waals surface area contributed by atoms with E-state index in [-0.39, 0.29) is 6.04 Å². The van der Waals surface area contributed by atoms with E-state index in [0.29, 0.717) is 31.1 Å². The molecular weight excluding hydrogens is 486 g/mol. The zero-order valence-corrected chi connectivity index (χ0v) is 21.7.